The summed E-state index contributed by atoms with van der Waals surface area (Å²) in [5, 5.41) is 3.24. The number of anilines is 2. The minimum atomic E-state index is -0.639. The Balaban J connectivity index is 2.00. The number of carbonyl (C=O) groups excluding carboxylic acids is 1. The molecule has 3 N–H and O–H groups in total. The van der Waals surface area contributed by atoms with Crippen molar-refractivity contribution in [2.24, 2.45) is 0 Å². The first-order valence-corrected chi connectivity index (χ1v) is 7.69. The molecular weight excluding hydrogens is 403 g/mol. The van der Waals surface area contributed by atoms with E-state index in [4.69, 9.17) is 22.1 Å². The Morgan fingerprint density at radius 1 is 1.29 bits per heavy atom. The Labute approximate surface area is 141 Å². The maximum Gasteiger partial charge on any atom is 0.265 e. The van der Waals surface area contributed by atoms with E-state index in [1.807, 2.05) is 24.3 Å². The van der Waals surface area contributed by atoms with Crippen molar-refractivity contribution in [1.29, 1.82) is 0 Å². The molecule has 0 aromatic heterocycles. The van der Waals surface area contributed by atoms with Crippen LogP contribution >= 0.6 is 34.2 Å². The predicted octanol–water partition coefficient (Wildman–Crippen LogP) is 3.93. The van der Waals surface area contributed by atoms with E-state index in [2.05, 4.69) is 27.9 Å². The van der Waals surface area contributed by atoms with E-state index in [1.54, 1.807) is 25.1 Å². The first kappa shape index (κ1) is 15.9. The van der Waals surface area contributed by atoms with Gasteiger partial charge in [0.05, 0.1) is 11.4 Å². The Morgan fingerprint density at radius 3 is 2.57 bits per heavy atom. The van der Waals surface area contributed by atoms with Gasteiger partial charge in [0.1, 0.15) is 5.75 Å². The molecule has 21 heavy (non-hydrogen) atoms. The predicted molar refractivity (Wildman–Crippen MR) is 93.7 cm³/mol. The van der Waals surface area contributed by atoms with Crippen LogP contribution in [-0.2, 0) is 4.79 Å². The molecule has 0 fully saturated rings. The fourth-order valence-corrected chi connectivity index (χ4v) is 2.19. The SMILES string of the molecule is CC(Oc1ccc(I)cc1)C(=O)Nc1ccc(Cl)cc1N. The van der Waals surface area contributed by atoms with Crippen LogP contribution in [0.2, 0.25) is 5.02 Å². The molecule has 0 aliphatic rings. The van der Waals surface area contributed by atoms with Gasteiger partial charge >= 0.3 is 0 Å². The fourth-order valence-electron chi connectivity index (χ4n) is 1.65. The van der Waals surface area contributed by atoms with Crippen molar-refractivity contribution < 1.29 is 9.53 Å². The Bertz CT molecular complexity index is 647. The molecule has 0 aliphatic carbocycles. The van der Waals surface area contributed by atoms with Gasteiger partial charge in [-0.1, -0.05) is 11.6 Å². The summed E-state index contributed by atoms with van der Waals surface area (Å²) in [4.78, 5) is 12.1. The van der Waals surface area contributed by atoms with Crippen molar-refractivity contribution >= 4 is 51.5 Å². The highest BCUT2D eigenvalue weighted by atomic mass is 127. The standard InChI is InChI=1S/C15H14ClIN2O2/c1-9(21-12-5-3-11(17)4-6-12)15(20)19-14-7-2-10(16)8-13(14)18/h2-9H,18H2,1H3,(H,19,20). The summed E-state index contributed by atoms with van der Waals surface area (Å²) in [6.45, 7) is 1.68. The first-order valence-electron chi connectivity index (χ1n) is 6.24. The van der Waals surface area contributed by atoms with E-state index in [0.717, 1.165) is 3.57 Å². The van der Waals surface area contributed by atoms with E-state index in [0.29, 0.717) is 22.1 Å². The molecule has 0 heterocycles. The number of carbonyl (C=O) groups is 1. The number of hydrogen-bond donors (Lipinski definition) is 2. The van der Waals surface area contributed by atoms with Crippen LogP contribution in [-0.4, -0.2) is 12.0 Å². The van der Waals surface area contributed by atoms with Crippen molar-refractivity contribution in [1.82, 2.24) is 0 Å². The van der Waals surface area contributed by atoms with Gasteiger partial charge in [0.25, 0.3) is 5.91 Å². The van der Waals surface area contributed by atoms with Crippen molar-refractivity contribution in [3.63, 3.8) is 0 Å². The van der Waals surface area contributed by atoms with Gasteiger partial charge in [-0.15, -0.1) is 0 Å². The molecule has 2 rings (SSSR count). The lowest BCUT2D eigenvalue weighted by Gasteiger charge is -2.15. The lowest BCUT2D eigenvalue weighted by Crippen LogP contribution is -2.30. The average molecular weight is 417 g/mol. The quantitative estimate of drug-likeness (QED) is 0.586. The smallest absolute Gasteiger partial charge is 0.265 e. The number of nitrogens with two attached hydrogens (primary N) is 1. The third-order valence-corrected chi connectivity index (χ3v) is 3.72. The van der Waals surface area contributed by atoms with E-state index in [9.17, 15) is 4.79 Å². The fraction of sp³-hybridized carbons (Fsp3) is 0.133. The molecular formula is C15H14ClIN2O2. The number of nitrogens with one attached hydrogen (secondary N) is 1. The summed E-state index contributed by atoms with van der Waals surface area (Å²) in [5.41, 5.74) is 6.73. The highest BCUT2D eigenvalue weighted by Crippen LogP contribution is 2.23. The highest BCUT2D eigenvalue weighted by molar-refractivity contribution is 14.1. The normalized spacial score (nSPS) is 11.8. The van der Waals surface area contributed by atoms with Gasteiger partial charge in [0, 0.05) is 8.59 Å². The molecule has 0 saturated heterocycles. The minimum absolute atomic E-state index is 0.275. The third kappa shape index (κ3) is 4.50. The van der Waals surface area contributed by atoms with Gasteiger partial charge in [0.2, 0.25) is 0 Å². The number of hydrogen-bond acceptors (Lipinski definition) is 3. The number of ether oxygens (including phenoxy) is 1. The molecule has 4 nitrogen and oxygen atoms in total. The molecule has 0 aliphatic heterocycles. The molecule has 0 bridgehead atoms. The van der Waals surface area contributed by atoms with Crippen LogP contribution in [0.1, 0.15) is 6.92 Å². The number of halogens is 2. The molecule has 1 unspecified atom stereocenters. The van der Waals surface area contributed by atoms with Gasteiger partial charge in [-0.2, -0.15) is 0 Å². The molecule has 2 aromatic rings. The average Bonchev–Trinajstić information content (AvgIpc) is 2.44. The van der Waals surface area contributed by atoms with Crippen LogP contribution in [0.5, 0.6) is 5.75 Å². The Morgan fingerprint density at radius 2 is 1.95 bits per heavy atom. The summed E-state index contributed by atoms with van der Waals surface area (Å²) >= 11 is 8.02. The topological polar surface area (TPSA) is 64.3 Å². The van der Waals surface area contributed by atoms with Gasteiger partial charge in [0.15, 0.2) is 6.10 Å². The van der Waals surface area contributed by atoms with Crippen LogP contribution < -0.4 is 15.8 Å². The summed E-state index contributed by atoms with van der Waals surface area (Å²) in [6, 6.07) is 12.4. The summed E-state index contributed by atoms with van der Waals surface area (Å²) in [6.07, 6.45) is -0.639. The molecule has 0 saturated carbocycles. The number of rotatable bonds is 4. The molecule has 1 atom stereocenters. The lowest BCUT2D eigenvalue weighted by molar-refractivity contribution is -0.122. The van der Waals surface area contributed by atoms with Crippen molar-refractivity contribution in [2.75, 3.05) is 11.1 Å². The van der Waals surface area contributed by atoms with Crippen molar-refractivity contribution in [3.05, 3.63) is 51.1 Å². The number of benzene rings is 2. The van der Waals surface area contributed by atoms with E-state index in [1.165, 1.54) is 0 Å². The van der Waals surface area contributed by atoms with Gasteiger partial charge < -0.3 is 15.8 Å². The van der Waals surface area contributed by atoms with E-state index >= 15 is 0 Å². The zero-order chi connectivity index (χ0) is 15.4. The lowest BCUT2D eigenvalue weighted by atomic mass is 10.2. The second-order valence-electron chi connectivity index (χ2n) is 4.43. The molecule has 6 heteroatoms. The summed E-state index contributed by atoms with van der Waals surface area (Å²) in [7, 11) is 0. The summed E-state index contributed by atoms with van der Waals surface area (Å²) in [5.74, 6) is 0.365. The van der Waals surface area contributed by atoms with Gasteiger partial charge in [-0.3, -0.25) is 4.79 Å². The Hall–Kier alpha value is -1.47. The van der Waals surface area contributed by atoms with Crippen LogP contribution in [0.4, 0.5) is 11.4 Å². The molecule has 0 radical (unpaired) electrons. The molecule has 110 valence electrons. The molecule has 2 aromatic carbocycles. The zero-order valence-corrected chi connectivity index (χ0v) is 14.2. The first-order chi connectivity index (χ1) is 9.95. The maximum atomic E-state index is 12.1. The zero-order valence-electron chi connectivity index (χ0n) is 11.3. The van der Waals surface area contributed by atoms with Crippen LogP contribution in [0, 0.1) is 3.57 Å². The monoisotopic (exact) mass is 416 g/mol. The highest BCUT2D eigenvalue weighted by Gasteiger charge is 2.16. The van der Waals surface area contributed by atoms with Crippen molar-refractivity contribution in [2.45, 2.75) is 13.0 Å². The number of nitrogen functional groups attached to an aromatic ring is 1. The Kier molecular flexibility index (Phi) is 5.30. The van der Waals surface area contributed by atoms with Crippen molar-refractivity contribution in [3.8, 4) is 5.75 Å². The van der Waals surface area contributed by atoms with E-state index in [-0.39, 0.29) is 5.91 Å². The second-order valence-corrected chi connectivity index (χ2v) is 6.12. The third-order valence-electron chi connectivity index (χ3n) is 2.77. The van der Waals surface area contributed by atoms with Crippen LogP contribution in [0.25, 0.3) is 0 Å². The molecule has 1 amide bonds. The maximum absolute atomic E-state index is 12.1. The largest absolute Gasteiger partial charge is 0.481 e. The second kappa shape index (κ2) is 7.00. The van der Waals surface area contributed by atoms with Gasteiger partial charge in [-0.25, -0.2) is 0 Å². The van der Waals surface area contributed by atoms with E-state index < -0.39 is 6.10 Å². The number of amides is 1. The van der Waals surface area contributed by atoms with Crippen LogP contribution in [0.3, 0.4) is 0 Å². The van der Waals surface area contributed by atoms with Crippen LogP contribution in [0.15, 0.2) is 42.5 Å². The minimum Gasteiger partial charge on any atom is -0.481 e. The molecule has 0 spiro atoms. The summed E-state index contributed by atoms with van der Waals surface area (Å²) < 4.78 is 6.69. The van der Waals surface area contributed by atoms with Gasteiger partial charge in [-0.05, 0) is 72.0 Å².